The van der Waals surface area contributed by atoms with Gasteiger partial charge in [-0.2, -0.15) is 0 Å². The Morgan fingerprint density at radius 1 is 1.20 bits per heavy atom. The molecule has 1 aliphatic heterocycles. The zero-order valence-electron chi connectivity index (χ0n) is 16.7. The van der Waals surface area contributed by atoms with Gasteiger partial charge in [0.1, 0.15) is 10.8 Å². The van der Waals surface area contributed by atoms with E-state index in [1.807, 2.05) is 6.07 Å². The van der Waals surface area contributed by atoms with E-state index in [1.165, 1.54) is 23.0 Å². The molecule has 0 amide bonds. The van der Waals surface area contributed by atoms with Crippen molar-refractivity contribution in [1.82, 2.24) is 9.88 Å². The molecule has 2 aromatic carbocycles. The van der Waals surface area contributed by atoms with Crippen molar-refractivity contribution in [2.45, 2.75) is 30.2 Å². The highest BCUT2D eigenvalue weighted by Crippen LogP contribution is 2.30. The lowest BCUT2D eigenvalue weighted by molar-refractivity contribution is 0.319. The van der Waals surface area contributed by atoms with Crippen LogP contribution in [-0.2, 0) is 22.1 Å². The maximum absolute atomic E-state index is 12.7. The molecule has 1 unspecified atom stereocenters. The molecule has 2 heterocycles. The summed E-state index contributed by atoms with van der Waals surface area (Å²) >= 11 is 7.79. The molecule has 0 radical (unpaired) electrons. The molecule has 0 bridgehead atoms. The van der Waals surface area contributed by atoms with Crippen molar-refractivity contribution in [2.75, 3.05) is 18.4 Å². The maximum atomic E-state index is 12.7. The molecule has 158 valence electrons. The fourth-order valence-corrected chi connectivity index (χ4v) is 6.38. The first kappa shape index (κ1) is 21.3. The Labute approximate surface area is 186 Å². The van der Waals surface area contributed by atoms with Crippen molar-refractivity contribution in [2.24, 2.45) is 5.92 Å². The van der Waals surface area contributed by atoms with Crippen LogP contribution in [0.15, 0.2) is 65.0 Å². The number of hydrogen-bond donors (Lipinski definition) is 1. The predicted octanol–water partition coefficient (Wildman–Crippen LogP) is 4.70. The molecule has 30 heavy (non-hydrogen) atoms. The van der Waals surface area contributed by atoms with Gasteiger partial charge in [0.25, 0.3) is 0 Å². The number of nitrogens with zero attached hydrogens (tertiary/aromatic N) is 2. The molecule has 1 fully saturated rings. The predicted molar refractivity (Wildman–Crippen MR) is 123 cm³/mol. The van der Waals surface area contributed by atoms with Gasteiger partial charge in [0.05, 0.1) is 15.6 Å². The Morgan fingerprint density at radius 3 is 2.70 bits per heavy atom. The number of likely N-dealkylation sites (tertiary alicyclic amines) is 1. The first-order valence-electron chi connectivity index (χ1n) is 9.84. The summed E-state index contributed by atoms with van der Waals surface area (Å²) in [5, 5.41) is 6.29. The van der Waals surface area contributed by atoms with Crippen molar-refractivity contribution in [1.29, 1.82) is 0 Å². The first-order valence-corrected chi connectivity index (χ1v) is 12.8. The van der Waals surface area contributed by atoms with Gasteiger partial charge in [-0.1, -0.05) is 48.9 Å². The van der Waals surface area contributed by atoms with E-state index in [2.05, 4.69) is 46.4 Å². The number of rotatable bonds is 7. The third-order valence-electron chi connectivity index (χ3n) is 5.37. The Kier molecular flexibility index (Phi) is 6.43. The van der Waals surface area contributed by atoms with Gasteiger partial charge in [0, 0.05) is 37.3 Å². The maximum Gasteiger partial charge on any atom is 0.184 e. The van der Waals surface area contributed by atoms with Crippen LogP contribution >= 0.6 is 22.9 Å². The lowest BCUT2D eigenvalue weighted by atomic mass is 10.1. The van der Waals surface area contributed by atoms with Crippen molar-refractivity contribution in [3.63, 3.8) is 0 Å². The molecule has 1 aliphatic rings. The number of benzene rings is 2. The minimum atomic E-state index is -3.48. The van der Waals surface area contributed by atoms with E-state index in [9.17, 15) is 8.42 Å². The first-order chi connectivity index (χ1) is 14.4. The minimum Gasteiger partial charge on any atom is -0.379 e. The van der Waals surface area contributed by atoms with Gasteiger partial charge < -0.3 is 5.32 Å². The van der Waals surface area contributed by atoms with Crippen LogP contribution in [0.2, 0.25) is 5.02 Å². The summed E-state index contributed by atoms with van der Waals surface area (Å²) in [5.74, 6) is 0.347. The Balaban J connectivity index is 1.42. The fourth-order valence-electron chi connectivity index (χ4n) is 3.80. The van der Waals surface area contributed by atoms with E-state index in [0.717, 1.165) is 25.3 Å². The number of thiazole rings is 1. The fraction of sp³-hybridized carbons (Fsp3) is 0.318. The Morgan fingerprint density at radius 2 is 2.00 bits per heavy atom. The van der Waals surface area contributed by atoms with Crippen molar-refractivity contribution in [3.8, 4) is 0 Å². The van der Waals surface area contributed by atoms with E-state index in [1.54, 1.807) is 23.7 Å². The molecule has 1 N–H and O–H groups in total. The highest BCUT2D eigenvalue weighted by atomic mass is 35.5. The summed E-state index contributed by atoms with van der Waals surface area (Å²) in [4.78, 5) is 6.72. The average Bonchev–Trinajstić information content (AvgIpc) is 3.33. The van der Waals surface area contributed by atoms with Crippen LogP contribution in [0.1, 0.15) is 17.5 Å². The molecular formula is C22H24ClN3O2S2. The molecule has 1 aromatic heterocycles. The highest BCUT2D eigenvalue weighted by molar-refractivity contribution is 7.90. The van der Waals surface area contributed by atoms with Crippen LogP contribution in [0.4, 0.5) is 5.69 Å². The topological polar surface area (TPSA) is 62.3 Å². The summed E-state index contributed by atoms with van der Waals surface area (Å²) in [7, 11) is -3.48. The van der Waals surface area contributed by atoms with E-state index >= 15 is 0 Å². The van der Waals surface area contributed by atoms with Crippen LogP contribution < -0.4 is 5.32 Å². The summed E-state index contributed by atoms with van der Waals surface area (Å²) in [5.41, 5.74) is 2.07. The second-order valence-corrected chi connectivity index (χ2v) is 11.1. The number of anilines is 1. The number of aromatic nitrogens is 1. The average molecular weight is 462 g/mol. The smallest absolute Gasteiger partial charge is 0.184 e. The van der Waals surface area contributed by atoms with Crippen LogP contribution in [0.3, 0.4) is 0 Å². The van der Waals surface area contributed by atoms with Crippen molar-refractivity contribution in [3.05, 3.63) is 75.7 Å². The van der Waals surface area contributed by atoms with Crippen LogP contribution in [0, 0.1) is 5.92 Å². The largest absolute Gasteiger partial charge is 0.379 e. The van der Waals surface area contributed by atoms with Gasteiger partial charge in [-0.05, 0) is 29.7 Å². The number of sulfone groups is 1. The zero-order chi connectivity index (χ0) is 21.1. The van der Waals surface area contributed by atoms with E-state index in [-0.39, 0.29) is 16.7 Å². The lowest BCUT2D eigenvalue weighted by Gasteiger charge is -2.20. The van der Waals surface area contributed by atoms with E-state index in [4.69, 9.17) is 11.6 Å². The molecule has 3 aromatic rings. The molecule has 2 atom stereocenters. The van der Waals surface area contributed by atoms with Gasteiger partial charge in [0.15, 0.2) is 9.84 Å². The summed E-state index contributed by atoms with van der Waals surface area (Å²) < 4.78 is 25.3. The molecule has 0 aliphatic carbocycles. The van der Waals surface area contributed by atoms with Crippen LogP contribution in [0.25, 0.3) is 0 Å². The summed E-state index contributed by atoms with van der Waals surface area (Å²) in [6.07, 6.45) is 1.61. The van der Waals surface area contributed by atoms with Crippen molar-refractivity contribution >= 4 is 38.5 Å². The minimum absolute atomic E-state index is 0.109. The van der Waals surface area contributed by atoms with Crippen LogP contribution in [-0.4, -0.2) is 37.4 Å². The Bertz CT molecular complexity index is 1090. The number of hydrogen-bond acceptors (Lipinski definition) is 6. The Hall–Kier alpha value is -1.93. The zero-order valence-corrected chi connectivity index (χ0v) is 19.1. The van der Waals surface area contributed by atoms with Gasteiger partial charge >= 0.3 is 0 Å². The number of nitrogens with one attached hydrogen (secondary N) is 1. The highest BCUT2D eigenvalue weighted by Gasteiger charge is 2.30. The molecular weight excluding hydrogens is 438 g/mol. The molecule has 0 spiro atoms. The third kappa shape index (κ3) is 5.03. The van der Waals surface area contributed by atoms with E-state index < -0.39 is 9.84 Å². The van der Waals surface area contributed by atoms with Crippen molar-refractivity contribution < 1.29 is 8.42 Å². The quantitative estimate of drug-likeness (QED) is 0.552. The SMILES string of the molecule is C[C@H]1CN(Cc2ccccc2)CC1Nc1ccc(S(=O)(=O)Cc2nccs2)cc1Cl. The molecule has 0 saturated carbocycles. The lowest BCUT2D eigenvalue weighted by Crippen LogP contribution is -2.28. The second-order valence-electron chi connectivity index (χ2n) is 7.73. The molecule has 1 saturated heterocycles. The summed E-state index contributed by atoms with van der Waals surface area (Å²) in [6.45, 7) is 5.06. The normalized spacial score (nSPS) is 19.8. The van der Waals surface area contributed by atoms with Gasteiger partial charge in [-0.3, -0.25) is 4.90 Å². The van der Waals surface area contributed by atoms with Crippen LogP contribution in [0.5, 0.6) is 0 Å². The second kappa shape index (κ2) is 9.06. The summed E-state index contributed by atoms with van der Waals surface area (Å²) in [6, 6.07) is 15.6. The van der Waals surface area contributed by atoms with Gasteiger partial charge in [0.2, 0.25) is 0 Å². The van der Waals surface area contributed by atoms with Gasteiger partial charge in [-0.25, -0.2) is 13.4 Å². The molecule has 4 rings (SSSR count). The monoisotopic (exact) mass is 461 g/mol. The van der Waals surface area contributed by atoms with E-state index in [0.29, 0.717) is 15.9 Å². The molecule has 5 nitrogen and oxygen atoms in total. The molecule has 8 heteroatoms. The van der Waals surface area contributed by atoms with Gasteiger partial charge in [-0.15, -0.1) is 11.3 Å². The number of halogens is 1. The third-order valence-corrected chi connectivity index (χ3v) is 8.28. The standard InChI is InChI=1S/C22H24ClN3O2S2/c1-16-12-26(13-17-5-3-2-4-6-17)14-21(16)25-20-8-7-18(11-19(20)23)30(27,28)15-22-24-9-10-29-22/h2-11,16,21,25H,12-15H2,1H3/t16-,21?/m0/s1.